The molecular weight excluding hydrogens is 333 g/mol. The summed E-state index contributed by atoms with van der Waals surface area (Å²) < 4.78 is 13.2. The number of hydrogen-bond acceptors (Lipinski definition) is 7. The SMILES string of the molecule is CP(=O)(O)C1SCC(Cn2cnc3c(=O)[nH]c(N)nc32)S1. The van der Waals surface area contributed by atoms with Crippen LogP contribution < -0.4 is 11.3 Å². The van der Waals surface area contributed by atoms with Crippen molar-refractivity contribution in [3.8, 4) is 0 Å². The fourth-order valence-corrected chi connectivity index (χ4v) is 7.52. The first kappa shape index (κ1) is 15.0. The predicted octanol–water partition coefficient (Wildman–Crippen LogP) is 0.734. The zero-order valence-electron chi connectivity index (χ0n) is 11.1. The van der Waals surface area contributed by atoms with Crippen molar-refractivity contribution in [1.82, 2.24) is 19.5 Å². The van der Waals surface area contributed by atoms with Gasteiger partial charge in [0.05, 0.1) is 6.33 Å². The molecule has 0 aliphatic carbocycles. The molecule has 3 unspecified atom stereocenters. The predicted molar refractivity (Wildman–Crippen MR) is 85.9 cm³/mol. The first-order chi connectivity index (χ1) is 9.84. The largest absolute Gasteiger partial charge is 0.369 e. The van der Waals surface area contributed by atoms with Gasteiger partial charge in [-0.1, -0.05) is 0 Å². The van der Waals surface area contributed by atoms with Gasteiger partial charge < -0.3 is 15.2 Å². The van der Waals surface area contributed by atoms with Crippen LogP contribution in [0.3, 0.4) is 0 Å². The van der Waals surface area contributed by atoms with E-state index < -0.39 is 7.37 Å². The standard InChI is InChI=1S/C10H14N5O3PS2/c1-19(17,18)10-20-3-5(21-10)2-15-4-12-6-7(15)13-9(11)14-8(6)16/h4-5,10H,2-3H2,1H3,(H,17,18)(H3,11,13,14,16). The fraction of sp³-hybridized carbons (Fsp3) is 0.500. The molecular formula is C10H14N5O3PS2. The number of anilines is 1. The molecule has 8 nitrogen and oxygen atoms in total. The van der Waals surface area contributed by atoms with Crippen LogP contribution >= 0.6 is 30.9 Å². The fourth-order valence-electron chi connectivity index (χ4n) is 2.10. The quantitative estimate of drug-likeness (QED) is 0.694. The Morgan fingerprint density at radius 2 is 2.43 bits per heavy atom. The van der Waals surface area contributed by atoms with Crippen molar-refractivity contribution < 1.29 is 9.46 Å². The van der Waals surface area contributed by atoms with Gasteiger partial charge in [0.25, 0.3) is 5.56 Å². The summed E-state index contributed by atoms with van der Waals surface area (Å²) in [5.41, 5.74) is 5.88. The van der Waals surface area contributed by atoms with Crippen molar-refractivity contribution in [2.75, 3.05) is 18.2 Å². The number of thioether (sulfide) groups is 2. The number of H-pyrrole nitrogens is 1. The van der Waals surface area contributed by atoms with Crippen LogP contribution in [-0.4, -0.2) is 46.4 Å². The van der Waals surface area contributed by atoms with E-state index in [2.05, 4.69) is 15.0 Å². The van der Waals surface area contributed by atoms with E-state index in [0.717, 1.165) is 5.75 Å². The molecule has 4 N–H and O–H groups in total. The third-order valence-corrected chi connectivity index (χ3v) is 9.73. The Hall–Kier alpha value is -0.960. The van der Waals surface area contributed by atoms with E-state index in [-0.39, 0.29) is 26.6 Å². The van der Waals surface area contributed by atoms with E-state index in [4.69, 9.17) is 5.73 Å². The molecule has 1 fully saturated rings. The summed E-state index contributed by atoms with van der Waals surface area (Å²) in [6.07, 6.45) is 1.55. The molecule has 11 heteroatoms. The molecule has 2 aromatic rings. The Labute approximate surface area is 128 Å². The molecule has 0 bridgehead atoms. The number of hydrogen-bond donors (Lipinski definition) is 3. The number of nitrogens with one attached hydrogen (secondary N) is 1. The highest BCUT2D eigenvalue weighted by atomic mass is 32.2. The molecule has 21 heavy (non-hydrogen) atoms. The van der Waals surface area contributed by atoms with E-state index in [9.17, 15) is 14.3 Å². The highest BCUT2D eigenvalue weighted by molar-refractivity contribution is 8.27. The normalized spacial score (nSPS) is 25.2. The number of aromatic amines is 1. The lowest BCUT2D eigenvalue weighted by molar-refractivity contribution is 0.489. The molecule has 2 aromatic heterocycles. The van der Waals surface area contributed by atoms with E-state index in [1.54, 1.807) is 10.9 Å². The van der Waals surface area contributed by atoms with E-state index >= 15 is 0 Å². The van der Waals surface area contributed by atoms with Crippen molar-refractivity contribution in [2.24, 2.45) is 0 Å². The van der Waals surface area contributed by atoms with Crippen LogP contribution in [0.4, 0.5) is 5.95 Å². The third-order valence-electron chi connectivity index (χ3n) is 3.02. The Morgan fingerprint density at radius 3 is 3.10 bits per heavy atom. The lowest BCUT2D eigenvalue weighted by Crippen LogP contribution is -2.15. The topological polar surface area (TPSA) is 127 Å². The Kier molecular flexibility index (Phi) is 3.81. The average molecular weight is 347 g/mol. The summed E-state index contributed by atoms with van der Waals surface area (Å²) in [7, 11) is -3.09. The summed E-state index contributed by atoms with van der Waals surface area (Å²) in [5.74, 6) is 0.820. The van der Waals surface area contributed by atoms with Crippen molar-refractivity contribution in [1.29, 1.82) is 0 Å². The van der Waals surface area contributed by atoms with Gasteiger partial charge in [-0.25, -0.2) is 4.98 Å². The second-order valence-corrected chi connectivity index (χ2v) is 10.8. The number of imidazole rings is 1. The number of nitrogens with two attached hydrogens (primary N) is 1. The van der Waals surface area contributed by atoms with E-state index in [1.807, 2.05) is 0 Å². The second-order valence-electron chi connectivity index (χ2n) is 4.86. The highest BCUT2D eigenvalue weighted by Crippen LogP contribution is 2.58. The zero-order chi connectivity index (χ0) is 15.2. The molecule has 1 aliphatic heterocycles. The first-order valence-electron chi connectivity index (χ1n) is 6.12. The number of fused-ring (bicyclic) bond motifs is 1. The molecule has 1 saturated heterocycles. The van der Waals surface area contributed by atoms with Gasteiger partial charge in [-0.3, -0.25) is 14.3 Å². The Bertz CT molecular complexity index is 785. The molecule has 0 spiro atoms. The Balaban J connectivity index is 1.84. The van der Waals surface area contributed by atoms with Crippen LogP contribution in [0.25, 0.3) is 11.2 Å². The molecule has 0 amide bonds. The molecule has 3 heterocycles. The van der Waals surface area contributed by atoms with Gasteiger partial charge in [0.2, 0.25) is 13.3 Å². The van der Waals surface area contributed by atoms with Gasteiger partial charge in [-0.15, -0.1) is 23.5 Å². The minimum atomic E-state index is -3.09. The summed E-state index contributed by atoms with van der Waals surface area (Å²) >= 11 is 2.98. The van der Waals surface area contributed by atoms with Crippen molar-refractivity contribution >= 4 is 48.0 Å². The summed E-state index contributed by atoms with van der Waals surface area (Å²) in [6.45, 7) is 1.95. The van der Waals surface area contributed by atoms with Crippen molar-refractivity contribution in [2.45, 2.75) is 16.1 Å². The average Bonchev–Trinajstić information content (AvgIpc) is 2.97. The third kappa shape index (κ3) is 2.98. The molecule has 3 atom stereocenters. The molecule has 1 aliphatic rings. The van der Waals surface area contributed by atoms with Crippen LogP contribution in [0.2, 0.25) is 0 Å². The number of rotatable bonds is 3. The van der Waals surface area contributed by atoms with Crippen LogP contribution in [0.5, 0.6) is 0 Å². The lowest BCUT2D eigenvalue weighted by Gasteiger charge is -2.13. The molecule has 3 rings (SSSR count). The van der Waals surface area contributed by atoms with Gasteiger partial charge in [0, 0.05) is 24.2 Å². The maximum atomic E-state index is 11.7. The minimum Gasteiger partial charge on any atom is -0.369 e. The van der Waals surface area contributed by atoms with Gasteiger partial charge in [-0.2, -0.15) is 4.98 Å². The molecule has 0 aromatic carbocycles. The highest BCUT2D eigenvalue weighted by Gasteiger charge is 2.36. The van der Waals surface area contributed by atoms with Crippen LogP contribution in [-0.2, 0) is 11.1 Å². The van der Waals surface area contributed by atoms with Crippen LogP contribution in [0.15, 0.2) is 11.1 Å². The van der Waals surface area contributed by atoms with Crippen molar-refractivity contribution in [3.05, 3.63) is 16.7 Å². The van der Waals surface area contributed by atoms with Crippen LogP contribution in [0, 0.1) is 0 Å². The molecule has 0 saturated carbocycles. The van der Waals surface area contributed by atoms with Gasteiger partial charge in [0.1, 0.15) is 4.32 Å². The number of nitrogen functional groups attached to an aromatic ring is 1. The van der Waals surface area contributed by atoms with E-state index in [1.165, 1.54) is 30.2 Å². The van der Waals surface area contributed by atoms with Gasteiger partial charge in [0.15, 0.2) is 11.2 Å². The van der Waals surface area contributed by atoms with Crippen LogP contribution in [0.1, 0.15) is 0 Å². The smallest absolute Gasteiger partial charge is 0.280 e. The monoisotopic (exact) mass is 347 g/mol. The summed E-state index contributed by atoms with van der Waals surface area (Å²) in [5, 5.41) is 0.167. The molecule has 114 valence electrons. The van der Waals surface area contributed by atoms with Gasteiger partial charge >= 0.3 is 0 Å². The summed E-state index contributed by atoms with van der Waals surface area (Å²) in [6, 6.07) is 0. The maximum Gasteiger partial charge on any atom is 0.280 e. The van der Waals surface area contributed by atoms with Gasteiger partial charge in [-0.05, 0) is 0 Å². The molecule has 0 radical (unpaired) electrons. The zero-order valence-corrected chi connectivity index (χ0v) is 13.6. The number of nitrogens with zero attached hydrogens (tertiary/aromatic N) is 3. The summed E-state index contributed by atoms with van der Waals surface area (Å²) in [4.78, 5) is 31.9. The lowest BCUT2D eigenvalue weighted by atomic mass is 10.4. The minimum absolute atomic E-state index is 0.0500. The van der Waals surface area contributed by atoms with E-state index in [0.29, 0.717) is 12.2 Å². The van der Waals surface area contributed by atoms with Crippen molar-refractivity contribution in [3.63, 3.8) is 0 Å². The second kappa shape index (κ2) is 5.35. The number of aromatic nitrogens is 4. The first-order valence-corrected chi connectivity index (χ1v) is 10.3. The maximum absolute atomic E-state index is 11.7. The Morgan fingerprint density at radius 1 is 1.67 bits per heavy atom.